The Morgan fingerprint density at radius 2 is 2.24 bits per heavy atom. The first-order chi connectivity index (χ1) is 8.15. The van der Waals surface area contributed by atoms with Crippen molar-refractivity contribution in [2.24, 2.45) is 5.73 Å². The Morgan fingerprint density at radius 3 is 2.76 bits per heavy atom. The van der Waals surface area contributed by atoms with Gasteiger partial charge in [-0.1, -0.05) is 6.92 Å². The van der Waals surface area contributed by atoms with Gasteiger partial charge in [-0.15, -0.1) is 11.3 Å². The Balaban J connectivity index is 2.26. The molecule has 0 aliphatic rings. The molecule has 0 radical (unpaired) electrons. The summed E-state index contributed by atoms with van der Waals surface area (Å²) < 4.78 is 1.89. The first-order valence-electron chi connectivity index (χ1n) is 5.89. The van der Waals surface area contributed by atoms with Crippen LogP contribution in [0.3, 0.4) is 0 Å². The van der Waals surface area contributed by atoms with Crippen molar-refractivity contribution in [2.45, 2.75) is 39.8 Å². The summed E-state index contributed by atoms with van der Waals surface area (Å²) >= 11 is 1.69. The van der Waals surface area contributed by atoms with Gasteiger partial charge in [-0.3, -0.25) is 4.68 Å². The van der Waals surface area contributed by atoms with Crippen LogP contribution in [0.2, 0.25) is 0 Å². The Morgan fingerprint density at radius 1 is 1.47 bits per heavy atom. The van der Waals surface area contributed by atoms with E-state index in [9.17, 15) is 0 Å². The average Bonchev–Trinajstić information content (AvgIpc) is 2.94. The second kappa shape index (κ2) is 4.98. The number of nitrogens with zero attached hydrogens (tertiary/aromatic N) is 3. The number of hydrogen-bond acceptors (Lipinski definition) is 4. The van der Waals surface area contributed by atoms with Crippen molar-refractivity contribution in [2.75, 3.05) is 0 Å². The Labute approximate surface area is 105 Å². The van der Waals surface area contributed by atoms with Gasteiger partial charge in [-0.25, -0.2) is 4.98 Å². The molecule has 0 saturated carbocycles. The van der Waals surface area contributed by atoms with E-state index in [-0.39, 0.29) is 6.04 Å². The lowest BCUT2D eigenvalue weighted by Gasteiger charge is -2.04. The number of hydrogen-bond donors (Lipinski definition) is 1. The van der Waals surface area contributed by atoms with Crippen LogP contribution in [0.25, 0.3) is 0 Å². The molecule has 0 fully saturated rings. The van der Waals surface area contributed by atoms with Crippen molar-refractivity contribution in [1.29, 1.82) is 0 Å². The number of thiazole rings is 1. The van der Waals surface area contributed by atoms with Crippen LogP contribution in [-0.4, -0.2) is 14.8 Å². The van der Waals surface area contributed by atoms with Gasteiger partial charge in [0.2, 0.25) is 0 Å². The van der Waals surface area contributed by atoms with Crippen LogP contribution in [0.5, 0.6) is 0 Å². The van der Waals surface area contributed by atoms with E-state index in [0.29, 0.717) is 0 Å². The molecular weight excluding hydrogens is 232 g/mol. The van der Waals surface area contributed by atoms with Gasteiger partial charge in [0, 0.05) is 23.2 Å². The molecule has 17 heavy (non-hydrogen) atoms. The lowest BCUT2D eigenvalue weighted by atomic mass is 10.2. The van der Waals surface area contributed by atoms with Gasteiger partial charge in [0.15, 0.2) is 0 Å². The summed E-state index contributed by atoms with van der Waals surface area (Å²) in [5.41, 5.74) is 8.40. The largest absolute Gasteiger partial charge is 0.318 e. The third-order valence-corrected chi connectivity index (χ3v) is 3.94. The van der Waals surface area contributed by atoms with Crippen LogP contribution in [0.15, 0.2) is 12.4 Å². The molecule has 2 aromatic rings. The zero-order valence-corrected chi connectivity index (χ0v) is 11.3. The van der Waals surface area contributed by atoms with E-state index < -0.39 is 0 Å². The van der Waals surface area contributed by atoms with E-state index >= 15 is 0 Å². The molecule has 4 nitrogen and oxygen atoms in total. The zero-order valence-electron chi connectivity index (χ0n) is 10.5. The van der Waals surface area contributed by atoms with Crippen molar-refractivity contribution in [3.63, 3.8) is 0 Å². The van der Waals surface area contributed by atoms with Gasteiger partial charge in [0.1, 0.15) is 5.01 Å². The van der Waals surface area contributed by atoms with Crippen molar-refractivity contribution in [3.05, 3.63) is 33.5 Å². The number of rotatable bonds is 4. The molecule has 2 heterocycles. The second-order valence-corrected chi connectivity index (χ2v) is 5.25. The number of aromatic nitrogens is 3. The van der Waals surface area contributed by atoms with Gasteiger partial charge < -0.3 is 5.73 Å². The van der Waals surface area contributed by atoms with Gasteiger partial charge >= 0.3 is 0 Å². The predicted octanol–water partition coefficient (Wildman–Crippen LogP) is 2.28. The fourth-order valence-corrected chi connectivity index (χ4v) is 2.81. The molecule has 0 aromatic carbocycles. The summed E-state index contributed by atoms with van der Waals surface area (Å²) in [4.78, 5) is 5.86. The Kier molecular flexibility index (Phi) is 3.59. The van der Waals surface area contributed by atoms with Crippen LogP contribution in [-0.2, 0) is 13.0 Å². The summed E-state index contributed by atoms with van der Waals surface area (Å²) in [6.45, 7) is 7.14. The first kappa shape index (κ1) is 12.3. The van der Waals surface area contributed by atoms with Gasteiger partial charge in [-0.05, 0) is 20.3 Å². The van der Waals surface area contributed by atoms with Crippen LogP contribution >= 0.6 is 11.3 Å². The van der Waals surface area contributed by atoms with E-state index in [1.54, 1.807) is 11.3 Å². The smallest absolute Gasteiger partial charge is 0.115 e. The predicted molar refractivity (Wildman–Crippen MR) is 70.2 cm³/mol. The van der Waals surface area contributed by atoms with Crippen LogP contribution in [0, 0.1) is 6.92 Å². The SMILES string of the molecule is CCc1nc(C(N)c2cnn(CC)c2)sc1C. The van der Waals surface area contributed by atoms with Gasteiger partial charge in [0.25, 0.3) is 0 Å². The third-order valence-electron chi connectivity index (χ3n) is 2.85. The summed E-state index contributed by atoms with van der Waals surface area (Å²) in [6, 6.07) is -0.153. The van der Waals surface area contributed by atoms with E-state index in [1.165, 1.54) is 4.88 Å². The summed E-state index contributed by atoms with van der Waals surface area (Å²) in [7, 11) is 0. The molecular formula is C12H18N4S. The number of aryl methyl sites for hydroxylation is 3. The van der Waals surface area contributed by atoms with Crippen LogP contribution in [0.1, 0.15) is 41.0 Å². The van der Waals surface area contributed by atoms with Crippen molar-refractivity contribution in [3.8, 4) is 0 Å². The van der Waals surface area contributed by atoms with Gasteiger partial charge in [0.05, 0.1) is 17.9 Å². The molecule has 5 heteroatoms. The molecule has 0 aliphatic carbocycles. The molecule has 0 bridgehead atoms. The highest BCUT2D eigenvalue weighted by atomic mass is 32.1. The molecule has 92 valence electrons. The van der Waals surface area contributed by atoms with Gasteiger partial charge in [-0.2, -0.15) is 5.10 Å². The fraction of sp³-hybridized carbons (Fsp3) is 0.500. The maximum absolute atomic E-state index is 6.22. The Hall–Kier alpha value is -1.20. The molecule has 1 unspecified atom stereocenters. The summed E-state index contributed by atoms with van der Waals surface area (Å²) in [5.74, 6) is 0. The lowest BCUT2D eigenvalue weighted by Crippen LogP contribution is -2.11. The quantitative estimate of drug-likeness (QED) is 0.905. The fourth-order valence-electron chi connectivity index (χ4n) is 1.77. The minimum atomic E-state index is -0.153. The topological polar surface area (TPSA) is 56.7 Å². The van der Waals surface area contributed by atoms with Crippen molar-refractivity contribution in [1.82, 2.24) is 14.8 Å². The minimum Gasteiger partial charge on any atom is -0.318 e. The molecule has 0 spiro atoms. The zero-order chi connectivity index (χ0) is 12.4. The summed E-state index contributed by atoms with van der Waals surface area (Å²) in [5, 5.41) is 5.23. The third kappa shape index (κ3) is 2.40. The lowest BCUT2D eigenvalue weighted by molar-refractivity contribution is 0.658. The highest BCUT2D eigenvalue weighted by Crippen LogP contribution is 2.26. The van der Waals surface area contributed by atoms with Crippen molar-refractivity contribution >= 4 is 11.3 Å². The second-order valence-electron chi connectivity index (χ2n) is 4.02. The monoisotopic (exact) mass is 250 g/mol. The standard InChI is InChI=1S/C12H18N4S/c1-4-10-8(3)17-12(15-10)11(13)9-6-14-16(5-2)7-9/h6-7,11H,4-5,13H2,1-3H3. The van der Waals surface area contributed by atoms with E-state index in [4.69, 9.17) is 5.73 Å². The highest BCUT2D eigenvalue weighted by Gasteiger charge is 2.16. The van der Waals surface area contributed by atoms with E-state index in [1.807, 2.05) is 17.1 Å². The highest BCUT2D eigenvalue weighted by molar-refractivity contribution is 7.11. The van der Waals surface area contributed by atoms with Crippen molar-refractivity contribution < 1.29 is 0 Å². The molecule has 2 N–H and O–H groups in total. The minimum absolute atomic E-state index is 0.153. The average molecular weight is 250 g/mol. The van der Waals surface area contributed by atoms with Crippen LogP contribution in [0.4, 0.5) is 0 Å². The normalized spacial score (nSPS) is 12.9. The first-order valence-corrected chi connectivity index (χ1v) is 6.71. The molecule has 2 aromatic heterocycles. The molecule has 1 atom stereocenters. The maximum Gasteiger partial charge on any atom is 0.115 e. The number of nitrogens with two attached hydrogens (primary N) is 1. The van der Waals surface area contributed by atoms with E-state index in [0.717, 1.165) is 29.2 Å². The van der Waals surface area contributed by atoms with E-state index in [2.05, 4.69) is 30.9 Å². The molecule has 0 amide bonds. The van der Waals surface area contributed by atoms with Crippen LogP contribution < -0.4 is 5.73 Å². The molecule has 0 saturated heterocycles. The Bertz CT molecular complexity index is 500. The maximum atomic E-state index is 6.22. The molecule has 0 aliphatic heterocycles. The molecule has 2 rings (SSSR count). The summed E-state index contributed by atoms with van der Waals surface area (Å²) in [6.07, 6.45) is 4.78.